The van der Waals surface area contributed by atoms with E-state index in [2.05, 4.69) is 32.7 Å². The smallest absolute Gasteiger partial charge is 0.257 e. The number of halogens is 1. The summed E-state index contributed by atoms with van der Waals surface area (Å²) in [5.41, 5.74) is 4.44. The lowest BCUT2D eigenvalue weighted by Gasteiger charge is -2.17. The van der Waals surface area contributed by atoms with Crippen LogP contribution in [0.15, 0.2) is 36.4 Å². The number of rotatable bonds is 3. The summed E-state index contributed by atoms with van der Waals surface area (Å²) in [6.07, 6.45) is 3.12. The highest BCUT2D eigenvalue weighted by Crippen LogP contribution is 2.33. The maximum atomic E-state index is 14.4. The van der Waals surface area contributed by atoms with Crippen LogP contribution in [0.25, 0.3) is 16.6 Å². The molecule has 1 amide bonds. The molecule has 0 saturated heterocycles. The first-order chi connectivity index (χ1) is 14.5. The van der Waals surface area contributed by atoms with E-state index in [1.165, 1.54) is 28.1 Å². The van der Waals surface area contributed by atoms with Gasteiger partial charge in [0.25, 0.3) is 5.91 Å². The zero-order chi connectivity index (χ0) is 20.8. The Labute approximate surface area is 172 Å². The quantitative estimate of drug-likeness (QED) is 0.541. The summed E-state index contributed by atoms with van der Waals surface area (Å²) >= 11 is 0. The normalized spacial score (nSPS) is 15.9. The molecule has 1 unspecified atom stereocenters. The summed E-state index contributed by atoms with van der Waals surface area (Å²) in [7, 11) is 0. The van der Waals surface area contributed by atoms with Gasteiger partial charge in [0.15, 0.2) is 5.82 Å². The Morgan fingerprint density at radius 3 is 2.97 bits per heavy atom. The molecule has 152 valence electrons. The van der Waals surface area contributed by atoms with Crippen LogP contribution < -0.4 is 5.32 Å². The van der Waals surface area contributed by atoms with Crippen molar-refractivity contribution in [2.45, 2.75) is 33.1 Å². The molecular weight excluding hydrogens is 383 g/mol. The Morgan fingerprint density at radius 1 is 1.30 bits per heavy atom. The van der Waals surface area contributed by atoms with Gasteiger partial charge in [0.05, 0.1) is 22.5 Å². The monoisotopic (exact) mass is 404 g/mol. The van der Waals surface area contributed by atoms with E-state index in [9.17, 15) is 9.18 Å². The van der Waals surface area contributed by atoms with Crippen molar-refractivity contribution in [3.8, 4) is 5.69 Å². The molecule has 8 heteroatoms. The van der Waals surface area contributed by atoms with Gasteiger partial charge >= 0.3 is 0 Å². The molecule has 0 bridgehead atoms. The molecular formula is C22H21FN6O. The topological polar surface area (TPSA) is 88.5 Å². The van der Waals surface area contributed by atoms with E-state index in [0.717, 1.165) is 30.2 Å². The Kier molecular flexibility index (Phi) is 4.34. The number of amides is 1. The number of tetrazole rings is 1. The van der Waals surface area contributed by atoms with Crippen LogP contribution in [0.4, 0.5) is 10.1 Å². The van der Waals surface area contributed by atoms with Crippen molar-refractivity contribution < 1.29 is 9.18 Å². The van der Waals surface area contributed by atoms with Crippen molar-refractivity contribution in [2.24, 2.45) is 5.92 Å². The van der Waals surface area contributed by atoms with E-state index in [0.29, 0.717) is 23.0 Å². The van der Waals surface area contributed by atoms with Crippen LogP contribution in [0.2, 0.25) is 0 Å². The summed E-state index contributed by atoms with van der Waals surface area (Å²) in [5.74, 6) is 0.303. The van der Waals surface area contributed by atoms with Crippen molar-refractivity contribution >= 4 is 22.5 Å². The maximum absolute atomic E-state index is 14.4. The second-order valence-corrected chi connectivity index (χ2v) is 7.91. The van der Waals surface area contributed by atoms with Crippen molar-refractivity contribution in [1.29, 1.82) is 0 Å². The Hall–Kier alpha value is -3.55. The zero-order valence-corrected chi connectivity index (χ0v) is 16.7. The number of anilines is 1. The summed E-state index contributed by atoms with van der Waals surface area (Å²) in [5, 5.41) is 15.1. The van der Waals surface area contributed by atoms with Crippen molar-refractivity contribution in [3.63, 3.8) is 0 Å². The average Bonchev–Trinajstić information content (AvgIpc) is 3.32. The van der Waals surface area contributed by atoms with Crippen molar-refractivity contribution in [1.82, 2.24) is 25.2 Å². The van der Waals surface area contributed by atoms with E-state index in [1.54, 1.807) is 19.1 Å². The molecule has 0 spiro atoms. The molecule has 1 aliphatic carbocycles. The first-order valence-corrected chi connectivity index (χ1v) is 10.00. The van der Waals surface area contributed by atoms with Gasteiger partial charge in [-0.1, -0.05) is 19.1 Å². The highest BCUT2D eigenvalue weighted by Gasteiger charge is 2.22. The number of carbonyl (C=O) groups excluding carboxylic acids is 1. The molecule has 2 N–H and O–H groups in total. The highest BCUT2D eigenvalue weighted by molar-refractivity contribution is 6.12. The van der Waals surface area contributed by atoms with Gasteiger partial charge in [0.2, 0.25) is 0 Å². The number of carbonyl (C=O) groups is 1. The lowest BCUT2D eigenvalue weighted by atomic mass is 9.87. The van der Waals surface area contributed by atoms with Crippen LogP contribution >= 0.6 is 0 Å². The zero-order valence-electron chi connectivity index (χ0n) is 16.7. The van der Waals surface area contributed by atoms with E-state index in [-0.39, 0.29) is 11.6 Å². The number of hydrogen-bond acceptors (Lipinski definition) is 4. The van der Waals surface area contributed by atoms with E-state index >= 15 is 0 Å². The van der Waals surface area contributed by atoms with Crippen LogP contribution in [0.5, 0.6) is 0 Å². The number of fused-ring (bicyclic) bond motifs is 3. The summed E-state index contributed by atoms with van der Waals surface area (Å²) in [6, 6.07) is 10.1. The van der Waals surface area contributed by atoms with Crippen LogP contribution in [-0.2, 0) is 12.8 Å². The molecule has 2 heterocycles. The maximum Gasteiger partial charge on any atom is 0.257 e. The van der Waals surface area contributed by atoms with Crippen LogP contribution in [0.3, 0.4) is 0 Å². The molecule has 5 rings (SSSR count). The van der Waals surface area contributed by atoms with Gasteiger partial charge in [-0.3, -0.25) is 4.79 Å². The molecule has 1 atom stereocenters. The number of nitrogens with one attached hydrogen (secondary N) is 2. The number of aromatic nitrogens is 5. The third kappa shape index (κ3) is 3.04. The van der Waals surface area contributed by atoms with E-state index < -0.39 is 5.82 Å². The van der Waals surface area contributed by atoms with E-state index in [1.807, 2.05) is 12.1 Å². The largest absolute Gasteiger partial charge is 0.358 e. The minimum Gasteiger partial charge on any atom is -0.358 e. The Morgan fingerprint density at radius 2 is 2.17 bits per heavy atom. The summed E-state index contributed by atoms with van der Waals surface area (Å²) in [4.78, 5) is 16.5. The number of aryl methyl sites for hydroxylation is 2. The fraction of sp³-hybridized carbons (Fsp3) is 0.273. The number of benzene rings is 2. The van der Waals surface area contributed by atoms with E-state index in [4.69, 9.17) is 0 Å². The number of nitrogens with zero attached hydrogens (tertiary/aromatic N) is 4. The van der Waals surface area contributed by atoms with Gasteiger partial charge in [-0.15, -0.1) is 5.10 Å². The van der Waals surface area contributed by atoms with Crippen LogP contribution in [0, 0.1) is 18.7 Å². The fourth-order valence-electron chi connectivity index (χ4n) is 4.21. The number of hydrogen-bond donors (Lipinski definition) is 2. The summed E-state index contributed by atoms with van der Waals surface area (Å²) < 4.78 is 15.9. The fourth-order valence-corrected chi connectivity index (χ4v) is 4.21. The second kappa shape index (κ2) is 7.05. The average molecular weight is 404 g/mol. The first-order valence-electron chi connectivity index (χ1n) is 10.00. The molecule has 7 nitrogen and oxygen atoms in total. The van der Waals surface area contributed by atoms with Crippen LogP contribution in [0.1, 0.15) is 40.8 Å². The predicted molar refractivity (Wildman–Crippen MR) is 111 cm³/mol. The molecule has 0 aliphatic heterocycles. The van der Waals surface area contributed by atoms with Crippen molar-refractivity contribution in [2.75, 3.05) is 5.32 Å². The molecule has 1 aliphatic rings. The molecule has 2 aromatic carbocycles. The van der Waals surface area contributed by atoms with Gasteiger partial charge in [-0.2, -0.15) is 4.68 Å². The van der Waals surface area contributed by atoms with Gasteiger partial charge in [-0.25, -0.2) is 4.39 Å². The standard InChI is InChI=1S/C22H21FN6O/c1-12-6-9-19-17(10-12)15-4-3-5-16(21(15)24-19)22(30)25-20-11-14(7-8-18(20)23)29-13(2)26-27-28-29/h3-5,7-8,11-12,24H,6,9-10H2,1-2H3,(H,25,30). The number of aromatic amines is 1. The molecule has 0 fully saturated rings. The molecule has 2 aromatic heterocycles. The Balaban J connectivity index is 1.51. The molecule has 30 heavy (non-hydrogen) atoms. The van der Waals surface area contributed by atoms with Crippen molar-refractivity contribution in [3.05, 3.63) is 64.9 Å². The molecule has 0 saturated carbocycles. The van der Waals surface area contributed by atoms with Crippen LogP contribution in [-0.4, -0.2) is 31.1 Å². The third-order valence-corrected chi connectivity index (χ3v) is 5.78. The first kappa shape index (κ1) is 18.5. The SMILES string of the molecule is Cc1nnnn1-c1ccc(F)c(NC(=O)c2cccc3c4c([nH]c23)CCC(C)C4)c1. The van der Waals surface area contributed by atoms with Gasteiger partial charge in [0.1, 0.15) is 5.82 Å². The predicted octanol–water partition coefficient (Wildman–Crippen LogP) is 3.97. The third-order valence-electron chi connectivity index (χ3n) is 5.78. The summed E-state index contributed by atoms with van der Waals surface area (Å²) in [6.45, 7) is 4.00. The number of para-hydroxylation sites is 1. The minimum absolute atomic E-state index is 0.0781. The lowest BCUT2D eigenvalue weighted by Crippen LogP contribution is -2.14. The number of H-pyrrole nitrogens is 1. The van der Waals surface area contributed by atoms with Gasteiger partial charge < -0.3 is 10.3 Å². The second-order valence-electron chi connectivity index (χ2n) is 7.91. The lowest BCUT2D eigenvalue weighted by molar-refractivity contribution is 0.102. The van der Waals surface area contributed by atoms with Gasteiger partial charge in [0, 0.05) is 11.1 Å². The molecule has 4 aromatic rings. The molecule has 0 radical (unpaired) electrons. The minimum atomic E-state index is -0.524. The van der Waals surface area contributed by atoms with Gasteiger partial charge in [-0.05, 0) is 72.4 Å². The Bertz CT molecular complexity index is 1270. The highest BCUT2D eigenvalue weighted by atomic mass is 19.1.